The second-order valence-electron chi connectivity index (χ2n) is 10.8. The Morgan fingerprint density at radius 2 is 1.54 bits per heavy atom. The van der Waals surface area contributed by atoms with Gasteiger partial charge in [0.1, 0.15) is 18.3 Å². The molecular formula is C31H38ClN3O5S. The van der Waals surface area contributed by atoms with E-state index in [4.69, 9.17) is 16.3 Å². The third-order valence-corrected chi connectivity index (χ3v) is 8.44. The first kappa shape index (κ1) is 32.0. The molecule has 41 heavy (non-hydrogen) atoms. The number of anilines is 1. The highest BCUT2D eigenvalue weighted by molar-refractivity contribution is 7.92. The Balaban J connectivity index is 2.06. The molecule has 10 heteroatoms. The summed E-state index contributed by atoms with van der Waals surface area (Å²) < 4.78 is 34.1. The van der Waals surface area contributed by atoms with E-state index < -0.39 is 34.1 Å². The van der Waals surface area contributed by atoms with E-state index in [1.165, 1.54) is 17.0 Å². The van der Waals surface area contributed by atoms with Crippen LogP contribution in [0, 0.1) is 6.92 Å². The number of aryl methyl sites for hydroxylation is 1. The normalized spacial score (nSPS) is 12.4. The summed E-state index contributed by atoms with van der Waals surface area (Å²) >= 11 is 6.08. The molecule has 0 saturated heterocycles. The first-order valence-corrected chi connectivity index (χ1v) is 15.2. The molecule has 1 N–H and O–H groups in total. The zero-order chi connectivity index (χ0) is 30.4. The van der Waals surface area contributed by atoms with E-state index in [1.807, 2.05) is 46.8 Å². The number of hydrogen-bond acceptors (Lipinski definition) is 5. The number of hydrogen-bond donors (Lipinski definition) is 1. The van der Waals surface area contributed by atoms with Crippen molar-refractivity contribution < 1.29 is 22.7 Å². The maximum atomic E-state index is 14.1. The molecule has 0 aliphatic rings. The molecule has 0 fully saturated rings. The van der Waals surface area contributed by atoms with Gasteiger partial charge in [-0.15, -0.1) is 0 Å². The Hall–Kier alpha value is -3.56. The number of nitrogens with zero attached hydrogens (tertiary/aromatic N) is 2. The Bertz CT molecular complexity index is 1440. The number of nitrogens with one attached hydrogen (secondary N) is 1. The molecule has 0 radical (unpaired) electrons. The topological polar surface area (TPSA) is 96.0 Å². The van der Waals surface area contributed by atoms with Crippen molar-refractivity contribution in [2.75, 3.05) is 18.0 Å². The molecule has 0 aliphatic carbocycles. The molecular weight excluding hydrogens is 562 g/mol. The van der Waals surface area contributed by atoms with Crippen molar-refractivity contribution >= 4 is 39.1 Å². The van der Waals surface area contributed by atoms with Gasteiger partial charge in [-0.1, -0.05) is 48.4 Å². The summed E-state index contributed by atoms with van der Waals surface area (Å²) in [6.07, 6.45) is 0.329. The number of methoxy groups -OCH3 is 1. The molecule has 2 amide bonds. The van der Waals surface area contributed by atoms with Crippen molar-refractivity contribution in [2.24, 2.45) is 0 Å². The van der Waals surface area contributed by atoms with Gasteiger partial charge in [0, 0.05) is 17.1 Å². The van der Waals surface area contributed by atoms with Crippen LogP contribution >= 0.6 is 11.6 Å². The molecule has 3 aromatic rings. The lowest BCUT2D eigenvalue weighted by Gasteiger charge is -2.34. The van der Waals surface area contributed by atoms with E-state index in [1.54, 1.807) is 55.6 Å². The van der Waals surface area contributed by atoms with Crippen LogP contribution < -0.4 is 14.4 Å². The van der Waals surface area contributed by atoms with Crippen molar-refractivity contribution in [3.05, 3.63) is 88.9 Å². The van der Waals surface area contributed by atoms with Crippen LogP contribution in [-0.2, 0) is 26.2 Å². The largest absolute Gasteiger partial charge is 0.497 e. The molecule has 0 aliphatic heterocycles. The first-order valence-electron chi connectivity index (χ1n) is 13.3. The fourth-order valence-corrected chi connectivity index (χ4v) is 5.81. The third kappa shape index (κ3) is 8.47. The van der Waals surface area contributed by atoms with Gasteiger partial charge in [0.2, 0.25) is 11.8 Å². The molecule has 0 bridgehead atoms. The Labute approximate surface area is 248 Å². The maximum Gasteiger partial charge on any atom is 0.264 e. The van der Waals surface area contributed by atoms with Gasteiger partial charge in [-0.3, -0.25) is 13.9 Å². The van der Waals surface area contributed by atoms with Crippen LogP contribution in [0.15, 0.2) is 77.7 Å². The molecule has 0 heterocycles. The van der Waals surface area contributed by atoms with E-state index in [2.05, 4.69) is 5.32 Å². The zero-order valence-corrected chi connectivity index (χ0v) is 25.9. The van der Waals surface area contributed by atoms with E-state index >= 15 is 0 Å². The number of halogens is 1. The zero-order valence-electron chi connectivity index (χ0n) is 24.3. The fourth-order valence-electron chi connectivity index (χ4n) is 4.27. The summed E-state index contributed by atoms with van der Waals surface area (Å²) in [5, 5.41) is 3.39. The average Bonchev–Trinajstić information content (AvgIpc) is 2.91. The summed E-state index contributed by atoms with van der Waals surface area (Å²) in [4.78, 5) is 29.0. The van der Waals surface area contributed by atoms with Gasteiger partial charge in [0.05, 0.1) is 17.7 Å². The highest BCUT2D eigenvalue weighted by Gasteiger charge is 2.34. The fraction of sp³-hybridized carbons (Fsp3) is 0.355. The highest BCUT2D eigenvalue weighted by Crippen LogP contribution is 2.27. The molecule has 3 aromatic carbocycles. The second kappa shape index (κ2) is 13.4. The summed E-state index contributed by atoms with van der Waals surface area (Å²) in [5.41, 5.74) is 1.42. The Morgan fingerprint density at radius 1 is 0.951 bits per heavy atom. The lowest BCUT2D eigenvalue weighted by molar-refractivity contribution is -0.141. The smallest absolute Gasteiger partial charge is 0.264 e. The molecule has 1 atom stereocenters. The molecule has 8 nitrogen and oxygen atoms in total. The summed E-state index contributed by atoms with van der Waals surface area (Å²) in [5.74, 6) is -0.189. The number of carbonyl (C=O) groups is 2. The van der Waals surface area contributed by atoms with Crippen LogP contribution in [0.1, 0.15) is 45.2 Å². The lowest BCUT2D eigenvalue weighted by Crippen LogP contribution is -2.55. The van der Waals surface area contributed by atoms with Crippen molar-refractivity contribution in [1.82, 2.24) is 10.2 Å². The van der Waals surface area contributed by atoms with Crippen molar-refractivity contribution in [2.45, 2.75) is 64.1 Å². The Kier molecular flexibility index (Phi) is 10.4. The molecule has 0 spiro atoms. The van der Waals surface area contributed by atoms with Gasteiger partial charge in [-0.2, -0.15) is 0 Å². The van der Waals surface area contributed by atoms with Gasteiger partial charge in [0.15, 0.2) is 0 Å². The van der Waals surface area contributed by atoms with Crippen LogP contribution in [0.3, 0.4) is 0 Å². The quantitative estimate of drug-likeness (QED) is 0.311. The Morgan fingerprint density at radius 3 is 2.05 bits per heavy atom. The predicted molar refractivity (Wildman–Crippen MR) is 163 cm³/mol. The molecule has 3 rings (SSSR count). The van der Waals surface area contributed by atoms with Gasteiger partial charge >= 0.3 is 0 Å². The third-order valence-electron chi connectivity index (χ3n) is 6.40. The monoisotopic (exact) mass is 599 g/mol. The van der Waals surface area contributed by atoms with E-state index in [-0.39, 0.29) is 23.0 Å². The lowest BCUT2D eigenvalue weighted by atomic mass is 10.1. The number of amides is 2. The van der Waals surface area contributed by atoms with Crippen molar-refractivity contribution in [3.8, 4) is 5.75 Å². The maximum absolute atomic E-state index is 14.1. The number of sulfonamides is 1. The summed E-state index contributed by atoms with van der Waals surface area (Å²) in [6.45, 7) is 8.85. The van der Waals surface area contributed by atoms with E-state index in [0.29, 0.717) is 17.2 Å². The van der Waals surface area contributed by atoms with Gasteiger partial charge in [0.25, 0.3) is 10.0 Å². The number of benzene rings is 3. The predicted octanol–water partition coefficient (Wildman–Crippen LogP) is 5.57. The van der Waals surface area contributed by atoms with E-state index in [9.17, 15) is 18.0 Å². The number of rotatable bonds is 11. The first-order chi connectivity index (χ1) is 19.2. The van der Waals surface area contributed by atoms with Crippen molar-refractivity contribution in [1.29, 1.82) is 0 Å². The van der Waals surface area contributed by atoms with Crippen LogP contribution in [0.25, 0.3) is 0 Å². The van der Waals surface area contributed by atoms with Gasteiger partial charge < -0.3 is 15.0 Å². The van der Waals surface area contributed by atoms with Crippen LogP contribution in [0.5, 0.6) is 5.75 Å². The van der Waals surface area contributed by atoms with Crippen LogP contribution in [-0.4, -0.2) is 50.4 Å². The minimum atomic E-state index is -4.15. The van der Waals surface area contributed by atoms with Crippen LogP contribution in [0.4, 0.5) is 5.69 Å². The summed E-state index contributed by atoms with van der Waals surface area (Å²) in [6, 6.07) is 19.0. The molecule has 220 valence electrons. The van der Waals surface area contributed by atoms with E-state index in [0.717, 1.165) is 15.4 Å². The average molecular weight is 600 g/mol. The SMILES string of the molecule is CC[C@@H](C(=O)NC(C)(C)C)N(Cc1ccc(OC)cc1)C(=O)CN(c1ccc(Cl)cc1)S(=O)(=O)c1ccc(C)cc1. The minimum absolute atomic E-state index is 0.0464. The minimum Gasteiger partial charge on any atom is -0.497 e. The second-order valence-corrected chi connectivity index (χ2v) is 13.1. The molecule has 0 saturated carbocycles. The van der Waals surface area contributed by atoms with Crippen molar-refractivity contribution in [3.63, 3.8) is 0 Å². The standard InChI is InChI=1S/C31H38ClN3O5S/c1-7-28(30(37)33-31(3,4)5)34(20-23-10-16-26(40-6)17-11-23)29(36)21-35(25-14-12-24(32)13-15-25)41(38,39)27-18-8-22(2)9-19-27/h8-19,28H,7,20-21H2,1-6H3,(H,33,37)/t28-/m0/s1. The highest BCUT2D eigenvalue weighted by atomic mass is 35.5. The molecule has 0 unspecified atom stereocenters. The number of ether oxygens (including phenoxy) is 1. The number of carbonyl (C=O) groups excluding carboxylic acids is 2. The molecule has 0 aromatic heterocycles. The van der Waals surface area contributed by atoms with Crippen LogP contribution in [0.2, 0.25) is 5.02 Å². The summed E-state index contributed by atoms with van der Waals surface area (Å²) in [7, 11) is -2.59. The van der Waals surface area contributed by atoms with Gasteiger partial charge in [-0.25, -0.2) is 8.42 Å². The van der Waals surface area contributed by atoms with Gasteiger partial charge in [-0.05, 0) is 88.2 Å².